The summed E-state index contributed by atoms with van der Waals surface area (Å²) in [5.74, 6) is -1.32. The van der Waals surface area contributed by atoms with Crippen molar-refractivity contribution in [3.05, 3.63) is 46.3 Å². The second-order valence-corrected chi connectivity index (χ2v) is 6.91. The molecule has 0 fully saturated rings. The Bertz CT molecular complexity index is 1200. The number of hydrogen-bond acceptors (Lipinski definition) is 8. The molecule has 27 heavy (non-hydrogen) atoms. The number of hydrogen-bond donors (Lipinski definition) is 2. The molecule has 0 aliphatic heterocycles. The summed E-state index contributed by atoms with van der Waals surface area (Å²) in [6, 6.07) is 5.03. The van der Waals surface area contributed by atoms with Gasteiger partial charge in [0.1, 0.15) is 27.4 Å². The van der Waals surface area contributed by atoms with Crippen LogP contribution in [0.25, 0.3) is 22.1 Å². The Morgan fingerprint density at radius 2 is 1.85 bits per heavy atom. The summed E-state index contributed by atoms with van der Waals surface area (Å²) in [7, 11) is -3.52. The second-order valence-electron chi connectivity index (χ2n) is 5.56. The summed E-state index contributed by atoms with van der Waals surface area (Å²) < 4.78 is 44.3. The SMILES string of the molecule is COc1c(O)cc2occ(-c3ccc(C)c(S(=O)(=O)[O-])c3)c(=O)c2c1O.[Na+]. The number of fused-ring (bicyclic) bond motifs is 1. The van der Waals surface area contributed by atoms with Crippen LogP contribution in [0, 0.1) is 6.92 Å². The first-order chi connectivity index (χ1) is 12.1. The van der Waals surface area contributed by atoms with E-state index in [0.717, 1.165) is 18.4 Å². The fraction of sp³-hybridized carbons (Fsp3) is 0.118. The summed E-state index contributed by atoms with van der Waals surface area (Å²) in [6.45, 7) is 1.46. The number of phenolic OH excluding ortho intramolecular Hbond substituents is 2. The quantitative estimate of drug-likeness (QED) is 0.426. The Morgan fingerprint density at radius 1 is 1.19 bits per heavy atom. The van der Waals surface area contributed by atoms with Crippen molar-refractivity contribution in [2.24, 2.45) is 0 Å². The van der Waals surface area contributed by atoms with Gasteiger partial charge in [0.15, 0.2) is 11.5 Å². The Morgan fingerprint density at radius 3 is 2.44 bits per heavy atom. The molecular weight excluding hydrogens is 387 g/mol. The monoisotopic (exact) mass is 400 g/mol. The van der Waals surface area contributed by atoms with Gasteiger partial charge in [-0.05, 0) is 24.1 Å². The molecule has 2 N–H and O–H groups in total. The van der Waals surface area contributed by atoms with Gasteiger partial charge >= 0.3 is 29.6 Å². The Kier molecular flexibility index (Phi) is 5.93. The molecule has 0 radical (unpaired) electrons. The summed E-state index contributed by atoms with van der Waals surface area (Å²) in [4.78, 5) is 12.3. The summed E-state index contributed by atoms with van der Waals surface area (Å²) in [5, 5.41) is 19.7. The van der Waals surface area contributed by atoms with Crippen LogP contribution in [0.5, 0.6) is 17.2 Å². The Balaban J connectivity index is 0.00000261. The van der Waals surface area contributed by atoms with Crippen LogP contribution >= 0.6 is 0 Å². The van der Waals surface area contributed by atoms with Crippen molar-refractivity contribution in [3.63, 3.8) is 0 Å². The molecule has 0 atom stereocenters. The first kappa shape index (κ1) is 21.3. The van der Waals surface area contributed by atoms with E-state index in [4.69, 9.17) is 9.15 Å². The van der Waals surface area contributed by atoms with Gasteiger partial charge in [-0.25, -0.2) is 8.42 Å². The summed E-state index contributed by atoms with van der Waals surface area (Å²) >= 11 is 0. The molecule has 1 aromatic heterocycles. The third kappa shape index (κ3) is 3.69. The number of aryl methyl sites for hydroxylation is 1. The molecule has 3 rings (SSSR count). The van der Waals surface area contributed by atoms with Crippen LogP contribution in [0.15, 0.2) is 44.6 Å². The van der Waals surface area contributed by atoms with Crippen molar-refractivity contribution in [2.45, 2.75) is 11.8 Å². The third-order valence-electron chi connectivity index (χ3n) is 3.95. The van der Waals surface area contributed by atoms with Gasteiger partial charge in [-0.1, -0.05) is 12.1 Å². The molecule has 0 bridgehead atoms. The first-order valence-corrected chi connectivity index (χ1v) is 8.67. The van der Waals surface area contributed by atoms with Crippen LogP contribution in [0.4, 0.5) is 0 Å². The predicted molar refractivity (Wildman–Crippen MR) is 90.5 cm³/mol. The minimum absolute atomic E-state index is 0. The first-order valence-electron chi connectivity index (χ1n) is 7.26. The normalized spacial score (nSPS) is 11.2. The maximum Gasteiger partial charge on any atom is 1.00 e. The Hall–Kier alpha value is -2.04. The van der Waals surface area contributed by atoms with E-state index in [1.165, 1.54) is 26.2 Å². The van der Waals surface area contributed by atoms with Crippen LogP contribution in [-0.2, 0) is 10.1 Å². The van der Waals surface area contributed by atoms with Gasteiger partial charge in [-0.2, -0.15) is 0 Å². The van der Waals surface area contributed by atoms with Crippen molar-refractivity contribution in [1.82, 2.24) is 0 Å². The molecular formula is C17H13NaO8S. The zero-order valence-corrected chi connectivity index (χ0v) is 17.5. The molecule has 0 amide bonds. The van der Waals surface area contributed by atoms with Gasteiger partial charge in [-0.3, -0.25) is 4.79 Å². The average molecular weight is 400 g/mol. The average Bonchev–Trinajstić information content (AvgIpc) is 2.55. The number of rotatable bonds is 3. The van der Waals surface area contributed by atoms with E-state index >= 15 is 0 Å². The molecule has 1 heterocycles. The van der Waals surface area contributed by atoms with Crippen LogP contribution in [0.2, 0.25) is 0 Å². The van der Waals surface area contributed by atoms with Gasteiger partial charge in [0.25, 0.3) is 0 Å². The fourth-order valence-corrected chi connectivity index (χ4v) is 3.41. The van der Waals surface area contributed by atoms with E-state index in [9.17, 15) is 28.0 Å². The minimum atomic E-state index is -4.73. The Labute approximate surface area is 176 Å². The zero-order chi connectivity index (χ0) is 19.2. The standard InChI is InChI=1S/C17H14O8S.Na/c1-8-3-4-9(5-13(8)26(21,22)23)10-7-25-12-6-11(18)17(24-2)16(20)14(12)15(10)19;/h3-7,18,20H,1-2H3,(H,21,22,23);/q;+1/p-1. The molecule has 0 saturated carbocycles. The summed E-state index contributed by atoms with van der Waals surface area (Å²) in [5.41, 5.74) is -0.459. The maximum absolute atomic E-state index is 12.8. The van der Waals surface area contributed by atoms with Crippen molar-refractivity contribution >= 4 is 21.1 Å². The van der Waals surface area contributed by atoms with Gasteiger partial charge in [0.2, 0.25) is 11.2 Å². The number of phenols is 2. The number of ether oxygens (including phenoxy) is 1. The minimum Gasteiger partial charge on any atom is -0.744 e. The number of aromatic hydroxyl groups is 2. The van der Waals surface area contributed by atoms with Crippen molar-refractivity contribution in [3.8, 4) is 28.4 Å². The largest absolute Gasteiger partial charge is 1.00 e. The van der Waals surface area contributed by atoms with Crippen molar-refractivity contribution in [1.29, 1.82) is 0 Å². The molecule has 0 unspecified atom stereocenters. The molecule has 0 spiro atoms. The zero-order valence-electron chi connectivity index (χ0n) is 14.6. The van der Waals surface area contributed by atoms with E-state index in [1.807, 2.05) is 0 Å². The van der Waals surface area contributed by atoms with Crippen LogP contribution in [0.1, 0.15) is 5.56 Å². The van der Waals surface area contributed by atoms with Crippen LogP contribution in [0.3, 0.4) is 0 Å². The predicted octanol–water partition coefficient (Wildman–Crippen LogP) is -0.904. The van der Waals surface area contributed by atoms with E-state index in [-0.39, 0.29) is 63.0 Å². The topological polar surface area (TPSA) is 137 Å². The molecule has 2 aromatic carbocycles. The number of benzene rings is 2. The maximum atomic E-state index is 12.8. The molecule has 3 aromatic rings. The van der Waals surface area contributed by atoms with Crippen LogP contribution < -0.4 is 39.7 Å². The van der Waals surface area contributed by atoms with Gasteiger partial charge in [0, 0.05) is 6.07 Å². The van der Waals surface area contributed by atoms with E-state index in [2.05, 4.69) is 0 Å². The summed E-state index contributed by atoms with van der Waals surface area (Å²) in [6.07, 6.45) is 1.06. The van der Waals surface area contributed by atoms with Crippen molar-refractivity contribution < 1.29 is 61.9 Å². The molecule has 0 saturated heterocycles. The molecule has 136 valence electrons. The molecule has 0 aliphatic carbocycles. The number of methoxy groups -OCH3 is 1. The van der Waals surface area contributed by atoms with Crippen molar-refractivity contribution in [2.75, 3.05) is 7.11 Å². The van der Waals surface area contributed by atoms with E-state index in [0.29, 0.717) is 0 Å². The fourth-order valence-electron chi connectivity index (χ4n) is 2.67. The van der Waals surface area contributed by atoms with Gasteiger partial charge in [0.05, 0.1) is 17.6 Å². The van der Waals surface area contributed by atoms with Gasteiger partial charge in [-0.15, -0.1) is 0 Å². The van der Waals surface area contributed by atoms with E-state index < -0.39 is 31.9 Å². The molecule has 10 heteroatoms. The third-order valence-corrected chi connectivity index (χ3v) is 4.93. The molecule has 0 aliphatic rings. The molecule has 8 nitrogen and oxygen atoms in total. The smallest absolute Gasteiger partial charge is 0.744 e. The second kappa shape index (κ2) is 7.53. The van der Waals surface area contributed by atoms with Crippen LogP contribution in [-0.4, -0.2) is 30.3 Å². The van der Waals surface area contributed by atoms with E-state index in [1.54, 1.807) is 0 Å². The van der Waals surface area contributed by atoms with Gasteiger partial charge < -0.3 is 23.9 Å².